The molecule has 2 aromatic rings. The van der Waals surface area contributed by atoms with Crippen molar-refractivity contribution in [2.45, 2.75) is 31.8 Å². The van der Waals surface area contributed by atoms with Crippen LogP contribution in [0.1, 0.15) is 11.8 Å². The number of hydrogen-bond donors (Lipinski definition) is 1. The first-order valence-corrected chi connectivity index (χ1v) is 10.2. The molecule has 0 aliphatic rings. The van der Waals surface area contributed by atoms with Crippen molar-refractivity contribution in [2.75, 3.05) is 0 Å². The van der Waals surface area contributed by atoms with Gasteiger partial charge in [-0.3, -0.25) is 4.98 Å². The van der Waals surface area contributed by atoms with Crippen molar-refractivity contribution in [1.29, 1.82) is 0 Å². The molecule has 0 aliphatic heterocycles. The van der Waals surface area contributed by atoms with E-state index in [2.05, 4.69) is 29.6 Å². The number of aliphatic hydroxyl groups is 1. The Morgan fingerprint density at radius 3 is 2.42 bits per heavy atom. The maximum absolute atomic E-state index is 10.3. The van der Waals surface area contributed by atoms with Crippen LogP contribution in [0.3, 0.4) is 0 Å². The van der Waals surface area contributed by atoms with Crippen molar-refractivity contribution < 1.29 is 5.11 Å². The Kier molecular flexibility index (Phi) is 4.12. The van der Waals surface area contributed by atoms with Gasteiger partial charge in [0.15, 0.2) is 0 Å². The maximum Gasteiger partial charge on any atom is 0.0936 e. The monoisotopic (exact) mass is 272 g/mol. The minimum absolute atomic E-state index is 0.477. The van der Waals surface area contributed by atoms with Gasteiger partial charge in [-0.15, -0.1) is 0 Å². The molecule has 0 saturated heterocycles. The number of nitrogens with zero attached hydrogens (tertiary/aromatic N) is 2. The molecular formula is C15H20N2OSi. The molecular weight excluding hydrogens is 252 g/mol. The number of aliphatic hydroxyl groups excluding tert-OH is 1. The molecule has 1 unspecified atom stereocenters. The molecule has 0 radical (unpaired) electrons. The predicted octanol–water partition coefficient (Wildman–Crippen LogP) is 3.52. The molecule has 1 N–H and O–H groups in total. The van der Waals surface area contributed by atoms with Crippen molar-refractivity contribution >= 4 is 8.07 Å². The Morgan fingerprint density at radius 1 is 1.05 bits per heavy atom. The first kappa shape index (κ1) is 13.9. The number of hydrogen-bond acceptors (Lipinski definition) is 3. The second-order valence-electron chi connectivity index (χ2n) is 5.94. The standard InChI is InChI=1S/C15H20N2OSi/c1-19(2,3)11-15(18)14-9-6-8-13(17-14)12-7-4-5-10-16-12/h4-10,15,18H,11H2,1-3H3. The zero-order chi connectivity index (χ0) is 13.9. The molecule has 2 heterocycles. The van der Waals surface area contributed by atoms with Crippen molar-refractivity contribution in [2.24, 2.45) is 0 Å². The highest BCUT2D eigenvalue weighted by molar-refractivity contribution is 6.76. The van der Waals surface area contributed by atoms with E-state index in [-0.39, 0.29) is 0 Å². The fourth-order valence-electron chi connectivity index (χ4n) is 1.98. The van der Waals surface area contributed by atoms with E-state index in [1.807, 2.05) is 36.4 Å². The van der Waals surface area contributed by atoms with E-state index in [4.69, 9.17) is 0 Å². The summed E-state index contributed by atoms with van der Waals surface area (Å²) >= 11 is 0. The minimum Gasteiger partial charge on any atom is -0.387 e. The van der Waals surface area contributed by atoms with Crippen molar-refractivity contribution in [3.05, 3.63) is 48.3 Å². The van der Waals surface area contributed by atoms with Gasteiger partial charge in [0.25, 0.3) is 0 Å². The molecule has 3 nitrogen and oxygen atoms in total. The molecule has 19 heavy (non-hydrogen) atoms. The second-order valence-corrected chi connectivity index (χ2v) is 11.5. The van der Waals surface area contributed by atoms with Gasteiger partial charge in [0.2, 0.25) is 0 Å². The molecule has 0 aliphatic carbocycles. The van der Waals surface area contributed by atoms with Gasteiger partial charge in [-0.05, 0) is 30.3 Å². The summed E-state index contributed by atoms with van der Waals surface area (Å²) in [6.45, 7) is 6.75. The van der Waals surface area contributed by atoms with Crippen LogP contribution >= 0.6 is 0 Å². The third-order valence-electron chi connectivity index (χ3n) is 2.85. The number of pyridine rings is 2. The molecule has 0 fully saturated rings. The van der Waals surface area contributed by atoms with Gasteiger partial charge in [0, 0.05) is 14.3 Å². The molecule has 0 bridgehead atoms. The summed E-state index contributed by atoms with van der Waals surface area (Å²) in [4.78, 5) is 8.83. The Morgan fingerprint density at radius 2 is 1.79 bits per heavy atom. The second kappa shape index (κ2) is 5.63. The highest BCUT2D eigenvalue weighted by atomic mass is 28.3. The molecule has 0 aromatic carbocycles. The minimum atomic E-state index is -1.31. The average molecular weight is 272 g/mol. The zero-order valence-electron chi connectivity index (χ0n) is 11.7. The van der Waals surface area contributed by atoms with Gasteiger partial charge in [0.1, 0.15) is 0 Å². The van der Waals surface area contributed by atoms with E-state index in [9.17, 15) is 5.11 Å². The lowest BCUT2D eigenvalue weighted by molar-refractivity contribution is 0.192. The van der Waals surface area contributed by atoms with Crippen LogP contribution < -0.4 is 0 Å². The fourth-order valence-corrected chi connectivity index (χ4v) is 3.35. The molecule has 0 saturated carbocycles. The first-order valence-electron chi connectivity index (χ1n) is 6.52. The Labute approximate surface area is 115 Å². The summed E-state index contributed by atoms with van der Waals surface area (Å²) in [6.07, 6.45) is 1.28. The lowest BCUT2D eigenvalue weighted by atomic mass is 10.2. The largest absolute Gasteiger partial charge is 0.387 e. The molecule has 0 amide bonds. The fraction of sp³-hybridized carbons (Fsp3) is 0.333. The lowest BCUT2D eigenvalue weighted by Gasteiger charge is -2.20. The third-order valence-corrected chi connectivity index (χ3v) is 4.46. The van der Waals surface area contributed by atoms with Crippen molar-refractivity contribution in [3.8, 4) is 11.4 Å². The smallest absolute Gasteiger partial charge is 0.0936 e. The van der Waals surface area contributed by atoms with E-state index in [1.165, 1.54) is 0 Å². The summed E-state index contributed by atoms with van der Waals surface area (Å²) in [7, 11) is -1.31. The topological polar surface area (TPSA) is 46.0 Å². The maximum atomic E-state index is 10.3. The lowest BCUT2D eigenvalue weighted by Crippen LogP contribution is -2.23. The van der Waals surface area contributed by atoms with Crippen LogP contribution in [-0.4, -0.2) is 23.1 Å². The van der Waals surface area contributed by atoms with E-state index in [1.54, 1.807) is 6.20 Å². The molecule has 0 spiro atoms. The SMILES string of the molecule is C[Si](C)(C)CC(O)c1cccc(-c2ccccn2)n1. The van der Waals surface area contributed by atoms with Crippen LogP contribution in [0.25, 0.3) is 11.4 Å². The highest BCUT2D eigenvalue weighted by Gasteiger charge is 2.21. The first-order chi connectivity index (χ1) is 8.96. The van der Waals surface area contributed by atoms with Gasteiger partial charge in [-0.1, -0.05) is 31.8 Å². The van der Waals surface area contributed by atoms with Gasteiger partial charge >= 0.3 is 0 Å². The van der Waals surface area contributed by atoms with Crippen LogP contribution in [0.2, 0.25) is 25.7 Å². The molecule has 2 aromatic heterocycles. The van der Waals surface area contributed by atoms with Crippen LogP contribution in [0, 0.1) is 0 Å². The van der Waals surface area contributed by atoms with Crippen molar-refractivity contribution in [3.63, 3.8) is 0 Å². The summed E-state index contributed by atoms with van der Waals surface area (Å²) in [5.74, 6) is 0. The van der Waals surface area contributed by atoms with E-state index >= 15 is 0 Å². The summed E-state index contributed by atoms with van der Waals surface area (Å²) in [6, 6.07) is 12.3. The Bertz CT molecular complexity index is 537. The van der Waals surface area contributed by atoms with Crippen LogP contribution in [0.15, 0.2) is 42.6 Å². The highest BCUT2D eigenvalue weighted by Crippen LogP contribution is 2.24. The van der Waals surface area contributed by atoms with Gasteiger partial charge < -0.3 is 5.11 Å². The quantitative estimate of drug-likeness (QED) is 0.866. The van der Waals surface area contributed by atoms with E-state index < -0.39 is 14.2 Å². The zero-order valence-corrected chi connectivity index (χ0v) is 12.7. The van der Waals surface area contributed by atoms with Crippen LogP contribution in [0.4, 0.5) is 0 Å². The molecule has 4 heteroatoms. The van der Waals surface area contributed by atoms with Gasteiger partial charge in [0.05, 0.1) is 23.2 Å². The summed E-state index contributed by atoms with van der Waals surface area (Å²) in [5.41, 5.74) is 2.39. The molecule has 100 valence electrons. The normalized spacial score (nSPS) is 13.3. The third kappa shape index (κ3) is 3.97. The predicted molar refractivity (Wildman–Crippen MR) is 80.6 cm³/mol. The van der Waals surface area contributed by atoms with Crippen LogP contribution in [0.5, 0.6) is 0 Å². The van der Waals surface area contributed by atoms with Crippen LogP contribution in [-0.2, 0) is 0 Å². The van der Waals surface area contributed by atoms with Crippen molar-refractivity contribution in [1.82, 2.24) is 9.97 Å². The van der Waals surface area contributed by atoms with E-state index in [0.717, 1.165) is 23.1 Å². The van der Waals surface area contributed by atoms with Gasteiger partial charge in [-0.2, -0.15) is 0 Å². The molecule has 2 rings (SSSR count). The molecule has 1 atom stereocenters. The van der Waals surface area contributed by atoms with E-state index in [0.29, 0.717) is 0 Å². The summed E-state index contributed by atoms with van der Waals surface area (Å²) < 4.78 is 0. The number of rotatable bonds is 4. The Hall–Kier alpha value is -1.52. The average Bonchev–Trinajstić information content (AvgIpc) is 2.38. The number of aromatic nitrogens is 2. The Balaban J connectivity index is 2.25. The van der Waals surface area contributed by atoms with Gasteiger partial charge in [-0.25, -0.2) is 4.98 Å². The summed E-state index contributed by atoms with van der Waals surface area (Å²) in [5, 5.41) is 10.3.